The Morgan fingerprint density at radius 3 is 1.92 bits per heavy atom. The monoisotopic (exact) mass is 597 g/mol. The van der Waals surface area contributed by atoms with Gasteiger partial charge in [0.2, 0.25) is 0 Å². The lowest BCUT2D eigenvalue weighted by Gasteiger charge is -2.26. The van der Waals surface area contributed by atoms with E-state index in [2.05, 4.69) is 26.2 Å². The number of methoxy groups -OCH3 is 4. The first kappa shape index (κ1) is 29.9. The fourth-order valence-electron chi connectivity index (χ4n) is 3.22. The molecule has 2 rings (SSSR count). The number of nitrogens with zero attached hydrogens (tertiary/aromatic N) is 5. The molecule has 0 aliphatic rings. The molecule has 38 heavy (non-hydrogen) atoms. The number of esters is 2. The Morgan fingerprint density at radius 2 is 1.45 bits per heavy atom. The van der Waals surface area contributed by atoms with Crippen molar-refractivity contribution in [1.82, 2.24) is 0 Å². The van der Waals surface area contributed by atoms with Crippen molar-refractivity contribution in [3.8, 4) is 11.5 Å². The smallest absolute Gasteiger partial charge is 0.307 e. The van der Waals surface area contributed by atoms with Crippen LogP contribution in [0.25, 0.3) is 0 Å². The van der Waals surface area contributed by atoms with Gasteiger partial charge in [-0.05, 0) is 15.9 Å². The van der Waals surface area contributed by atoms with Gasteiger partial charge >= 0.3 is 17.6 Å². The van der Waals surface area contributed by atoms with E-state index in [-0.39, 0.29) is 53.3 Å². The van der Waals surface area contributed by atoms with Crippen molar-refractivity contribution < 1.29 is 38.4 Å². The highest BCUT2D eigenvalue weighted by Gasteiger charge is 2.24. The quantitative estimate of drug-likeness (QED) is 0.135. The molecule has 0 atom stereocenters. The van der Waals surface area contributed by atoms with Gasteiger partial charge in [0.1, 0.15) is 17.2 Å². The zero-order valence-corrected chi connectivity index (χ0v) is 22.4. The number of hydrogen-bond acceptors (Lipinski definition) is 13. The lowest BCUT2D eigenvalue weighted by atomic mass is 10.2. The molecule has 0 heterocycles. The normalized spacial score (nSPS) is 10.7. The summed E-state index contributed by atoms with van der Waals surface area (Å²) in [5.41, 5.74) is -0.796. The van der Waals surface area contributed by atoms with Gasteiger partial charge in [0.25, 0.3) is 5.69 Å². The van der Waals surface area contributed by atoms with Crippen LogP contribution in [0.4, 0.5) is 28.4 Å². The summed E-state index contributed by atoms with van der Waals surface area (Å²) in [7, 11) is 5.28. The lowest BCUT2D eigenvalue weighted by Crippen LogP contribution is -2.29. The van der Waals surface area contributed by atoms with Gasteiger partial charge in [-0.1, -0.05) is 0 Å². The highest BCUT2D eigenvalue weighted by molar-refractivity contribution is 9.10. The average Bonchev–Trinajstić information content (AvgIpc) is 2.90. The number of non-ortho nitro benzene ring substituents is 1. The number of rotatable bonds is 13. The van der Waals surface area contributed by atoms with Crippen molar-refractivity contribution in [1.29, 1.82) is 0 Å². The third-order valence-corrected chi connectivity index (χ3v) is 5.75. The number of hydrogen-bond donors (Lipinski definition) is 0. The Bertz CT molecular complexity index is 1230. The first-order valence-electron chi connectivity index (χ1n) is 10.7. The summed E-state index contributed by atoms with van der Waals surface area (Å²) < 4.78 is 20.3. The van der Waals surface area contributed by atoms with Gasteiger partial charge in [0, 0.05) is 31.3 Å². The number of nitro groups is 2. The third-order valence-electron chi connectivity index (χ3n) is 5.14. The molecule has 0 aliphatic heterocycles. The topological polar surface area (TPSA) is 185 Å². The van der Waals surface area contributed by atoms with E-state index in [1.54, 1.807) is 11.0 Å². The van der Waals surface area contributed by atoms with Crippen molar-refractivity contribution in [2.24, 2.45) is 10.2 Å². The van der Waals surface area contributed by atoms with Crippen LogP contribution in [0, 0.1) is 20.2 Å². The van der Waals surface area contributed by atoms with Gasteiger partial charge in [-0.15, -0.1) is 10.2 Å². The predicted octanol–water partition coefficient (Wildman–Crippen LogP) is 4.63. The molecule has 0 unspecified atom stereocenters. The second kappa shape index (κ2) is 13.8. The predicted molar refractivity (Wildman–Crippen MR) is 137 cm³/mol. The molecule has 0 fully saturated rings. The Morgan fingerprint density at radius 1 is 0.868 bits per heavy atom. The van der Waals surface area contributed by atoms with Crippen LogP contribution >= 0.6 is 15.9 Å². The maximum atomic E-state index is 11.7. The second-order valence-electron chi connectivity index (χ2n) is 7.34. The Balaban J connectivity index is 2.55. The van der Waals surface area contributed by atoms with Crippen LogP contribution in [-0.4, -0.2) is 63.3 Å². The van der Waals surface area contributed by atoms with Crippen LogP contribution < -0.4 is 14.4 Å². The zero-order valence-electron chi connectivity index (χ0n) is 20.8. The second-order valence-corrected chi connectivity index (χ2v) is 8.20. The molecule has 0 amide bonds. The number of carbonyl (C=O) groups is 2. The number of nitro benzene ring substituents is 2. The zero-order chi connectivity index (χ0) is 28.4. The minimum absolute atomic E-state index is 0.0125. The first-order chi connectivity index (χ1) is 18.1. The van der Waals surface area contributed by atoms with Crippen LogP contribution in [-0.2, 0) is 19.1 Å². The summed E-state index contributed by atoms with van der Waals surface area (Å²) in [5.74, 6) is -0.461. The molecule has 15 nitrogen and oxygen atoms in total. The van der Waals surface area contributed by atoms with E-state index < -0.39 is 33.2 Å². The van der Waals surface area contributed by atoms with Gasteiger partial charge in [-0.2, -0.15) is 0 Å². The lowest BCUT2D eigenvalue weighted by molar-refractivity contribution is -0.393. The highest BCUT2D eigenvalue weighted by Crippen LogP contribution is 2.43. The minimum atomic E-state index is -0.812. The molecule has 0 saturated heterocycles. The SMILES string of the molecule is COC(=O)CCN(CCC(=O)OC)c1cc(OC)c(N=Nc2c(Br)cc([N+](=O)[O-])cc2[N+](=O)[O-])cc1OC. The minimum Gasteiger partial charge on any atom is -0.494 e. The first-order valence-corrected chi connectivity index (χ1v) is 11.5. The molecular formula is C22H24BrN5O10. The van der Waals surface area contributed by atoms with Gasteiger partial charge < -0.3 is 23.8 Å². The highest BCUT2D eigenvalue weighted by atomic mass is 79.9. The van der Waals surface area contributed by atoms with Gasteiger partial charge in [-0.3, -0.25) is 29.8 Å². The average molecular weight is 598 g/mol. The largest absolute Gasteiger partial charge is 0.494 e. The van der Waals surface area contributed by atoms with Crippen molar-refractivity contribution in [3.63, 3.8) is 0 Å². The van der Waals surface area contributed by atoms with E-state index in [1.807, 2.05) is 0 Å². The summed E-state index contributed by atoms with van der Waals surface area (Å²) in [6.45, 7) is 0.345. The molecule has 2 aromatic rings. The standard InChI is InChI=1S/C22H24BrN5O10/c1-35-18-12-16(26(7-5-20(29)37-3)8-6-21(30)38-4)19(36-2)11-15(18)24-25-22-14(23)9-13(27(31)32)10-17(22)28(33)34/h9-12H,5-8H2,1-4H3. The summed E-state index contributed by atoms with van der Waals surface area (Å²) in [4.78, 5) is 46.2. The number of anilines is 1. The molecule has 204 valence electrons. The van der Waals surface area contributed by atoms with Crippen molar-refractivity contribution in [2.75, 3.05) is 46.4 Å². The molecule has 0 saturated carbocycles. The molecule has 0 radical (unpaired) electrons. The van der Waals surface area contributed by atoms with Gasteiger partial charge in [0.15, 0.2) is 5.69 Å². The van der Waals surface area contributed by atoms with E-state index in [9.17, 15) is 29.8 Å². The Kier molecular flexibility index (Phi) is 10.9. The van der Waals surface area contributed by atoms with Crippen molar-refractivity contribution >= 4 is 56.3 Å². The number of azo groups is 1. The van der Waals surface area contributed by atoms with Crippen LogP contribution in [0.3, 0.4) is 0 Å². The molecular weight excluding hydrogens is 574 g/mol. The van der Waals surface area contributed by atoms with E-state index in [1.165, 1.54) is 34.5 Å². The molecule has 0 aliphatic carbocycles. The number of benzene rings is 2. The van der Waals surface area contributed by atoms with Crippen molar-refractivity contribution in [3.05, 3.63) is 49.0 Å². The molecule has 16 heteroatoms. The fourth-order valence-corrected chi connectivity index (χ4v) is 3.74. The summed E-state index contributed by atoms with van der Waals surface area (Å²) in [6, 6.07) is 4.84. The van der Waals surface area contributed by atoms with Gasteiger partial charge in [0.05, 0.1) is 67.4 Å². The molecule has 0 aromatic heterocycles. The maximum absolute atomic E-state index is 11.7. The Labute approximate surface area is 224 Å². The number of halogens is 1. The third kappa shape index (κ3) is 7.58. The van der Waals surface area contributed by atoms with E-state index in [0.29, 0.717) is 5.69 Å². The van der Waals surface area contributed by atoms with E-state index >= 15 is 0 Å². The molecule has 0 N–H and O–H groups in total. The van der Waals surface area contributed by atoms with Crippen LogP contribution in [0.2, 0.25) is 0 Å². The Hall–Kier alpha value is -4.34. The number of ether oxygens (including phenoxy) is 4. The van der Waals surface area contributed by atoms with Crippen LogP contribution in [0.5, 0.6) is 11.5 Å². The van der Waals surface area contributed by atoms with Crippen LogP contribution in [0.1, 0.15) is 12.8 Å². The molecule has 0 spiro atoms. The van der Waals surface area contributed by atoms with Crippen molar-refractivity contribution in [2.45, 2.75) is 12.8 Å². The summed E-state index contributed by atoms with van der Waals surface area (Å²) >= 11 is 3.07. The van der Waals surface area contributed by atoms with Crippen LogP contribution in [0.15, 0.2) is 39.0 Å². The summed E-state index contributed by atoms with van der Waals surface area (Å²) in [5, 5.41) is 30.6. The van der Waals surface area contributed by atoms with E-state index in [4.69, 9.17) is 18.9 Å². The maximum Gasteiger partial charge on any atom is 0.307 e. The van der Waals surface area contributed by atoms with E-state index in [0.717, 1.165) is 12.1 Å². The van der Waals surface area contributed by atoms with Gasteiger partial charge in [-0.25, -0.2) is 0 Å². The summed E-state index contributed by atoms with van der Waals surface area (Å²) in [6.07, 6.45) is 0.0326. The number of carbonyl (C=O) groups excluding carboxylic acids is 2. The molecule has 0 bridgehead atoms. The fraction of sp³-hybridized carbons (Fsp3) is 0.364. The molecule has 2 aromatic carbocycles.